The van der Waals surface area contributed by atoms with Gasteiger partial charge >= 0.3 is 0 Å². The maximum absolute atomic E-state index is 12.4. The van der Waals surface area contributed by atoms with Gasteiger partial charge in [-0.1, -0.05) is 6.07 Å². The Balaban J connectivity index is 1.59. The Hall–Kier alpha value is -1.40. The molecule has 0 N–H and O–H groups in total. The zero-order valence-corrected chi connectivity index (χ0v) is 12.8. The number of ether oxygens (including phenoxy) is 1. The lowest BCUT2D eigenvalue weighted by molar-refractivity contribution is -0.140. The van der Waals surface area contributed by atoms with Gasteiger partial charge in [0.05, 0.1) is 4.88 Å². The number of rotatable bonds is 2. The van der Waals surface area contributed by atoms with Crippen LogP contribution in [0.5, 0.6) is 0 Å². The topological polar surface area (TPSA) is 49.9 Å². The van der Waals surface area contributed by atoms with E-state index in [1.54, 1.807) is 0 Å². The van der Waals surface area contributed by atoms with E-state index in [9.17, 15) is 9.59 Å². The number of amides is 2. The average Bonchev–Trinajstić information content (AvgIpc) is 3.15. The van der Waals surface area contributed by atoms with Gasteiger partial charge in [0.25, 0.3) is 11.8 Å². The van der Waals surface area contributed by atoms with E-state index in [-0.39, 0.29) is 17.9 Å². The quantitative estimate of drug-likeness (QED) is 0.834. The highest BCUT2D eigenvalue weighted by molar-refractivity contribution is 7.12. The van der Waals surface area contributed by atoms with E-state index in [0.717, 1.165) is 24.1 Å². The Morgan fingerprint density at radius 1 is 1.14 bits per heavy atom. The number of hydrogen-bond donors (Lipinski definition) is 0. The fourth-order valence-electron chi connectivity index (χ4n) is 2.87. The molecule has 0 aliphatic carbocycles. The van der Waals surface area contributed by atoms with Crippen molar-refractivity contribution in [2.45, 2.75) is 25.4 Å². The Morgan fingerprint density at radius 3 is 2.67 bits per heavy atom. The third-order valence-electron chi connectivity index (χ3n) is 4.03. The molecular formula is C15H20N2O3S. The largest absolute Gasteiger partial charge is 0.368 e. The lowest BCUT2D eigenvalue weighted by Gasteiger charge is -2.24. The van der Waals surface area contributed by atoms with Crippen molar-refractivity contribution >= 4 is 23.2 Å². The minimum atomic E-state index is -0.260. The van der Waals surface area contributed by atoms with Crippen LogP contribution in [0.3, 0.4) is 0 Å². The standard InChI is InChI=1S/C15H20N2O3S/c18-14(12-4-1-10-20-12)16-6-3-7-17(9-8-16)15(19)13-5-2-11-21-13/h2,5,11-12H,1,3-4,6-10H2. The zero-order chi connectivity index (χ0) is 14.7. The molecule has 0 bridgehead atoms. The Morgan fingerprint density at radius 2 is 1.95 bits per heavy atom. The van der Waals surface area contributed by atoms with Gasteiger partial charge in [-0.3, -0.25) is 9.59 Å². The minimum Gasteiger partial charge on any atom is -0.368 e. The summed E-state index contributed by atoms with van der Waals surface area (Å²) >= 11 is 1.47. The normalized spacial score (nSPS) is 23.1. The second-order valence-electron chi connectivity index (χ2n) is 5.45. The van der Waals surface area contributed by atoms with Gasteiger partial charge in [-0.2, -0.15) is 0 Å². The van der Waals surface area contributed by atoms with Gasteiger partial charge in [0, 0.05) is 32.8 Å². The van der Waals surface area contributed by atoms with E-state index in [1.807, 2.05) is 27.3 Å². The van der Waals surface area contributed by atoms with Crippen LogP contribution in [0.2, 0.25) is 0 Å². The molecule has 1 aromatic heterocycles. The average molecular weight is 308 g/mol. The smallest absolute Gasteiger partial charge is 0.263 e. The molecule has 1 unspecified atom stereocenters. The molecule has 1 atom stereocenters. The van der Waals surface area contributed by atoms with Gasteiger partial charge < -0.3 is 14.5 Å². The monoisotopic (exact) mass is 308 g/mol. The summed E-state index contributed by atoms with van der Waals surface area (Å²) in [5.74, 6) is 0.175. The first-order valence-electron chi connectivity index (χ1n) is 7.49. The van der Waals surface area contributed by atoms with Crippen molar-refractivity contribution in [1.82, 2.24) is 9.80 Å². The molecule has 2 amide bonds. The number of thiophene rings is 1. The molecule has 21 heavy (non-hydrogen) atoms. The van der Waals surface area contributed by atoms with Gasteiger partial charge in [-0.05, 0) is 30.7 Å². The second-order valence-corrected chi connectivity index (χ2v) is 6.40. The van der Waals surface area contributed by atoms with E-state index >= 15 is 0 Å². The van der Waals surface area contributed by atoms with Crippen LogP contribution >= 0.6 is 11.3 Å². The molecule has 0 radical (unpaired) electrons. The molecule has 2 aliphatic heterocycles. The van der Waals surface area contributed by atoms with Crippen LogP contribution in [0, 0.1) is 0 Å². The summed E-state index contributed by atoms with van der Waals surface area (Å²) < 4.78 is 5.47. The molecule has 6 heteroatoms. The third kappa shape index (κ3) is 3.27. The van der Waals surface area contributed by atoms with Crippen LogP contribution in [-0.2, 0) is 9.53 Å². The third-order valence-corrected chi connectivity index (χ3v) is 4.89. The van der Waals surface area contributed by atoms with Crippen molar-refractivity contribution in [2.24, 2.45) is 0 Å². The maximum Gasteiger partial charge on any atom is 0.263 e. The molecule has 0 aromatic carbocycles. The highest BCUT2D eigenvalue weighted by Crippen LogP contribution is 2.17. The molecule has 5 nitrogen and oxygen atoms in total. The van der Waals surface area contributed by atoms with Crippen LogP contribution < -0.4 is 0 Å². The van der Waals surface area contributed by atoms with E-state index < -0.39 is 0 Å². The molecule has 1 aromatic rings. The summed E-state index contributed by atoms with van der Waals surface area (Å²) in [5, 5.41) is 1.91. The first kappa shape index (κ1) is 14.5. The molecule has 3 heterocycles. The molecule has 0 saturated carbocycles. The predicted octanol–water partition coefficient (Wildman–Crippen LogP) is 1.60. The van der Waals surface area contributed by atoms with Crippen molar-refractivity contribution in [2.75, 3.05) is 32.8 Å². The van der Waals surface area contributed by atoms with Crippen LogP contribution in [0.25, 0.3) is 0 Å². The second kappa shape index (κ2) is 6.58. The van der Waals surface area contributed by atoms with Gasteiger partial charge in [-0.15, -0.1) is 11.3 Å². The predicted molar refractivity (Wildman–Crippen MR) is 80.4 cm³/mol. The Labute approximate surface area is 128 Å². The van der Waals surface area contributed by atoms with Gasteiger partial charge in [0.15, 0.2) is 0 Å². The molecule has 2 saturated heterocycles. The van der Waals surface area contributed by atoms with Gasteiger partial charge in [-0.25, -0.2) is 0 Å². The van der Waals surface area contributed by atoms with Crippen LogP contribution in [0.4, 0.5) is 0 Å². The molecule has 3 rings (SSSR count). The van der Waals surface area contributed by atoms with Crippen molar-refractivity contribution < 1.29 is 14.3 Å². The summed E-state index contributed by atoms with van der Waals surface area (Å²) in [4.78, 5) is 29.2. The van der Waals surface area contributed by atoms with Crippen LogP contribution in [0.1, 0.15) is 28.9 Å². The van der Waals surface area contributed by atoms with Gasteiger partial charge in [0.2, 0.25) is 0 Å². The Kier molecular flexibility index (Phi) is 4.55. The lowest BCUT2D eigenvalue weighted by Crippen LogP contribution is -2.41. The van der Waals surface area contributed by atoms with Gasteiger partial charge in [0.1, 0.15) is 6.10 Å². The van der Waals surface area contributed by atoms with E-state index in [4.69, 9.17) is 4.74 Å². The molecule has 0 spiro atoms. The first-order valence-corrected chi connectivity index (χ1v) is 8.37. The highest BCUT2D eigenvalue weighted by atomic mass is 32.1. The minimum absolute atomic E-state index is 0.0800. The summed E-state index contributed by atoms with van der Waals surface area (Å²) in [7, 11) is 0. The van der Waals surface area contributed by atoms with Crippen molar-refractivity contribution in [3.8, 4) is 0 Å². The lowest BCUT2D eigenvalue weighted by atomic mass is 10.2. The fraction of sp³-hybridized carbons (Fsp3) is 0.600. The molecule has 2 aliphatic rings. The van der Waals surface area contributed by atoms with E-state index in [2.05, 4.69) is 0 Å². The van der Waals surface area contributed by atoms with Crippen LogP contribution in [-0.4, -0.2) is 60.5 Å². The van der Waals surface area contributed by atoms with Crippen molar-refractivity contribution in [3.05, 3.63) is 22.4 Å². The fourth-order valence-corrected chi connectivity index (χ4v) is 3.56. The summed E-state index contributed by atoms with van der Waals surface area (Å²) in [6, 6.07) is 3.75. The molecular weight excluding hydrogens is 288 g/mol. The van der Waals surface area contributed by atoms with Crippen LogP contribution in [0.15, 0.2) is 17.5 Å². The van der Waals surface area contributed by atoms with Crippen molar-refractivity contribution in [1.29, 1.82) is 0 Å². The van der Waals surface area contributed by atoms with E-state index in [0.29, 0.717) is 32.8 Å². The van der Waals surface area contributed by atoms with E-state index in [1.165, 1.54) is 11.3 Å². The molecule has 114 valence electrons. The highest BCUT2D eigenvalue weighted by Gasteiger charge is 2.30. The van der Waals surface area contributed by atoms with Crippen molar-refractivity contribution in [3.63, 3.8) is 0 Å². The maximum atomic E-state index is 12.4. The first-order chi connectivity index (χ1) is 10.3. The number of nitrogens with zero attached hydrogens (tertiary/aromatic N) is 2. The SMILES string of the molecule is O=C(c1cccs1)N1CCCN(C(=O)C2CCCO2)CC1. The summed E-state index contributed by atoms with van der Waals surface area (Å²) in [5.41, 5.74) is 0. The molecule has 2 fully saturated rings. The summed E-state index contributed by atoms with van der Waals surface area (Å²) in [6.45, 7) is 3.33. The number of carbonyl (C=O) groups excluding carboxylic acids is 2. The number of carbonyl (C=O) groups is 2. The summed E-state index contributed by atoms with van der Waals surface area (Å²) in [6.07, 6.45) is 2.36. The number of hydrogen-bond acceptors (Lipinski definition) is 4. The Bertz CT molecular complexity index is 497. The zero-order valence-electron chi connectivity index (χ0n) is 12.0.